The van der Waals surface area contributed by atoms with Crippen molar-refractivity contribution in [1.29, 1.82) is 0 Å². The van der Waals surface area contributed by atoms with Gasteiger partial charge in [0, 0.05) is 5.56 Å². The summed E-state index contributed by atoms with van der Waals surface area (Å²) in [4.78, 5) is 10.8. The van der Waals surface area contributed by atoms with Crippen LogP contribution >= 0.6 is 12.2 Å². The molecule has 1 N–H and O–H groups in total. The highest BCUT2D eigenvalue weighted by atomic mass is 32.1. The number of benzene rings is 2. The first-order chi connectivity index (χ1) is 8.68. The van der Waals surface area contributed by atoms with Crippen molar-refractivity contribution in [2.24, 2.45) is 0 Å². The number of ether oxygens (including phenoxy) is 1. The van der Waals surface area contributed by atoms with Gasteiger partial charge >= 0.3 is 5.97 Å². The lowest BCUT2D eigenvalue weighted by atomic mass is 10.1. The quantitative estimate of drug-likeness (QED) is 0.675. The highest BCUT2D eigenvalue weighted by molar-refractivity contribution is 7.82. The van der Waals surface area contributed by atoms with E-state index in [0.29, 0.717) is 17.1 Å². The predicted octanol–water partition coefficient (Wildman–Crippen LogP) is 3.28. The Kier molecular flexibility index (Phi) is 3.69. The molecule has 0 heterocycles. The van der Waals surface area contributed by atoms with E-state index in [1.807, 2.05) is 18.2 Å². The zero-order chi connectivity index (χ0) is 13.0. The number of hydrogen-bond donors (Lipinski definition) is 1. The Labute approximate surface area is 110 Å². The molecule has 0 aliphatic heterocycles. The average molecular weight is 258 g/mol. The number of hydrogen-bond acceptors (Lipinski definition) is 3. The summed E-state index contributed by atoms with van der Waals surface area (Å²) in [6.07, 6.45) is 0. The molecule has 0 saturated heterocycles. The van der Waals surface area contributed by atoms with Crippen molar-refractivity contribution < 1.29 is 14.6 Å². The van der Waals surface area contributed by atoms with Crippen LogP contribution in [0.5, 0.6) is 11.5 Å². The van der Waals surface area contributed by atoms with Crippen LogP contribution in [0.4, 0.5) is 0 Å². The van der Waals surface area contributed by atoms with Crippen molar-refractivity contribution >= 4 is 23.1 Å². The topological polar surface area (TPSA) is 46.5 Å². The van der Waals surface area contributed by atoms with E-state index in [2.05, 4.69) is 0 Å². The third-order valence-electron chi connectivity index (χ3n) is 2.30. The molecular weight excluding hydrogens is 248 g/mol. The third-order valence-corrected chi connectivity index (χ3v) is 2.69. The Morgan fingerprint density at radius 1 is 1.00 bits per heavy atom. The minimum absolute atomic E-state index is 0.151. The van der Waals surface area contributed by atoms with Crippen LogP contribution in [0.1, 0.15) is 5.56 Å². The van der Waals surface area contributed by atoms with Crippen molar-refractivity contribution in [2.45, 2.75) is 0 Å². The summed E-state index contributed by atoms with van der Waals surface area (Å²) in [6.45, 7) is 0. The van der Waals surface area contributed by atoms with Gasteiger partial charge in [0.15, 0.2) is 0 Å². The van der Waals surface area contributed by atoms with Crippen LogP contribution in [0.2, 0.25) is 0 Å². The largest absolute Gasteiger partial charge is 0.477 e. The summed E-state index contributed by atoms with van der Waals surface area (Å²) in [6, 6.07) is 16.0. The van der Waals surface area contributed by atoms with E-state index >= 15 is 0 Å². The fourth-order valence-electron chi connectivity index (χ4n) is 1.47. The predicted molar refractivity (Wildman–Crippen MR) is 72.3 cm³/mol. The Hall–Kier alpha value is -2.20. The zero-order valence-electron chi connectivity index (χ0n) is 9.37. The highest BCUT2D eigenvalue weighted by Crippen LogP contribution is 2.25. The Morgan fingerprint density at radius 3 is 2.28 bits per heavy atom. The molecule has 0 fully saturated rings. The van der Waals surface area contributed by atoms with Gasteiger partial charge in [-0.2, -0.15) is 0 Å². The molecule has 4 heteroatoms. The summed E-state index contributed by atoms with van der Waals surface area (Å²) < 4.78 is 5.63. The van der Waals surface area contributed by atoms with Gasteiger partial charge in [-0.15, -0.1) is 0 Å². The molecule has 2 aromatic carbocycles. The molecule has 90 valence electrons. The minimum Gasteiger partial charge on any atom is -0.477 e. The average Bonchev–Trinajstić information content (AvgIpc) is 2.39. The van der Waals surface area contributed by atoms with Gasteiger partial charge in [0.25, 0.3) is 0 Å². The van der Waals surface area contributed by atoms with Crippen molar-refractivity contribution in [3.8, 4) is 11.5 Å². The molecule has 18 heavy (non-hydrogen) atoms. The molecule has 3 nitrogen and oxygen atoms in total. The van der Waals surface area contributed by atoms with E-state index in [1.165, 1.54) is 0 Å². The van der Waals surface area contributed by atoms with Gasteiger partial charge in [0.2, 0.25) is 0 Å². The Bertz CT molecular complexity index is 579. The summed E-state index contributed by atoms with van der Waals surface area (Å²) in [7, 11) is 0. The first kappa shape index (κ1) is 12.3. The van der Waals surface area contributed by atoms with E-state index in [-0.39, 0.29) is 4.86 Å². The van der Waals surface area contributed by atoms with Gasteiger partial charge in [-0.05, 0) is 24.3 Å². The van der Waals surface area contributed by atoms with E-state index < -0.39 is 5.97 Å². The molecule has 2 rings (SSSR count). The van der Waals surface area contributed by atoms with Gasteiger partial charge in [0.05, 0.1) is 0 Å². The lowest BCUT2D eigenvalue weighted by Gasteiger charge is -2.09. The van der Waals surface area contributed by atoms with Gasteiger partial charge < -0.3 is 9.84 Å². The number of carboxylic acids is 1. The number of para-hydroxylation sites is 2. The SMILES string of the molecule is O=C(O)C(=S)c1ccccc1Oc1ccccc1. The van der Waals surface area contributed by atoms with Crippen molar-refractivity contribution in [3.63, 3.8) is 0 Å². The maximum Gasteiger partial charge on any atom is 0.347 e. The van der Waals surface area contributed by atoms with Crippen molar-refractivity contribution in [2.75, 3.05) is 0 Å². The number of carbonyl (C=O) groups is 1. The molecule has 0 spiro atoms. The second-order valence-electron chi connectivity index (χ2n) is 3.55. The van der Waals surface area contributed by atoms with Crippen LogP contribution in [0.15, 0.2) is 54.6 Å². The molecule has 2 aromatic rings. The first-order valence-corrected chi connectivity index (χ1v) is 5.69. The standard InChI is InChI=1S/C14H10O3S/c15-14(16)13(18)11-8-4-5-9-12(11)17-10-6-2-1-3-7-10/h1-9H,(H,15,16). The molecular formula is C14H10O3S. The molecule has 0 aliphatic carbocycles. The normalized spacial score (nSPS) is 9.78. The second kappa shape index (κ2) is 5.42. The maximum absolute atomic E-state index is 10.9. The zero-order valence-corrected chi connectivity index (χ0v) is 10.2. The summed E-state index contributed by atoms with van der Waals surface area (Å²) in [5, 5.41) is 8.93. The van der Waals surface area contributed by atoms with Gasteiger partial charge in [-0.1, -0.05) is 42.5 Å². The van der Waals surface area contributed by atoms with Crippen molar-refractivity contribution in [3.05, 3.63) is 60.2 Å². The van der Waals surface area contributed by atoms with Crippen LogP contribution in [-0.2, 0) is 4.79 Å². The lowest BCUT2D eigenvalue weighted by Crippen LogP contribution is -2.12. The number of carboxylic acid groups (broad SMARTS) is 1. The van der Waals surface area contributed by atoms with E-state index in [1.54, 1.807) is 36.4 Å². The number of thiocarbonyl (C=S) groups is 1. The smallest absolute Gasteiger partial charge is 0.347 e. The third kappa shape index (κ3) is 2.73. The maximum atomic E-state index is 10.9. The van der Waals surface area contributed by atoms with Crippen LogP contribution in [0.25, 0.3) is 0 Å². The highest BCUT2D eigenvalue weighted by Gasteiger charge is 2.14. The molecule has 0 amide bonds. The fraction of sp³-hybridized carbons (Fsp3) is 0. The number of aliphatic carboxylic acids is 1. The molecule has 0 aromatic heterocycles. The van der Waals surface area contributed by atoms with Gasteiger partial charge in [-0.3, -0.25) is 0 Å². The Balaban J connectivity index is 2.34. The molecule has 0 saturated carbocycles. The van der Waals surface area contributed by atoms with Crippen molar-refractivity contribution in [1.82, 2.24) is 0 Å². The van der Waals surface area contributed by atoms with Crippen LogP contribution in [-0.4, -0.2) is 15.9 Å². The summed E-state index contributed by atoms with van der Waals surface area (Å²) in [5.74, 6) is -0.0525. The van der Waals surface area contributed by atoms with E-state index in [0.717, 1.165) is 0 Å². The number of rotatable bonds is 4. The molecule has 0 bridgehead atoms. The lowest BCUT2D eigenvalue weighted by molar-refractivity contribution is -0.129. The van der Waals surface area contributed by atoms with E-state index in [9.17, 15) is 4.79 Å². The Morgan fingerprint density at radius 2 is 1.61 bits per heavy atom. The van der Waals surface area contributed by atoms with Crippen LogP contribution in [0, 0.1) is 0 Å². The molecule has 0 radical (unpaired) electrons. The van der Waals surface area contributed by atoms with Crippen LogP contribution in [0.3, 0.4) is 0 Å². The minimum atomic E-state index is -1.13. The monoisotopic (exact) mass is 258 g/mol. The molecule has 0 atom stereocenters. The molecule has 0 aliphatic rings. The first-order valence-electron chi connectivity index (χ1n) is 5.28. The molecule has 0 unspecified atom stereocenters. The summed E-state index contributed by atoms with van der Waals surface area (Å²) >= 11 is 4.87. The summed E-state index contributed by atoms with van der Waals surface area (Å²) in [5.41, 5.74) is 0.406. The van der Waals surface area contributed by atoms with Gasteiger partial charge in [0.1, 0.15) is 16.4 Å². The van der Waals surface area contributed by atoms with Crippen LogP contribution < -0.4 is 4.74 Å². The van der Waals surface area contributed by atoms with E-state index in [4.69, 9.17) is 22.1 Å². The van der Waals surface area contributed by atoms with Gasteiger partial charge in [-0.25, -0.2) is 4.79 Å². The second-order valence-corrected chi connectivity index (χ2v) is 3.95. The fourth-order valence-corrected chi connectivity index (χ4v) is 1.64.